The van der Waals surface area contributed by atoms with Crippen molar-refractivity contribution in [1.82, 2.24) is 5.32 Å². The average molecular weight is 382 g/mol. The Kier molecular flexibility index (Phi) is 6.83. The van der Waals surface area contributed by atoms with Crippen molar-refractivity contribution in [3.8, 4) is 0 Å². The van der Waals surface area contributed by atoms with Crippen LogP contribution in [-0.2, 0) is 10.0 Å². The summed E-state index contributed by atoms with van der Waals surface area (Å²) in [5, 5.41) is 2.68. The highest BCUT2D eigenvalue weighted by molar-refractivity contribution is 7.99. The van der Waals surface area contributed by atoms with Crippen LogP contribution in [0.3, 0.4) is 0 Å². The van der Waals surface area contributed by atoms with E-state index in [1.807, 2.05) is 30.3 Å². The van der Waals surface area contributed by atoms with Crippen molar-refractivity contribution in [3.05, 3.63) is 59.9 Å². The third-order valence-corrected chi connectivity index (χ3v) is 4.83. The Hall–Kier alpha value is -2.06. The molecule has 5 nitrogen and oxygen atoms in total. The first-order valence-corrected chi connectivity index (χ1v) is 10.5. The highest BCUT2D eigenvalue weighted by Crippen LogP contribution is 2.19. The SMILES string of the molecule is CS(=O)(=O)Nc1ccc(F)cc1C(=O)NCCCSc1ccccc1. The molecular formula is C17H19FN2O3S2. The fraction of sp³-hybridized carbons (Fsp3) is 0.235. The van der Waals surface area contributed by atoms with Gasteiger partial charge < -0.3 is 5.32 Å². The van der Waals surface area contributed by atoms with Crippen molar-refractivity contribution >= 4 is 33.4 Å². The van der Waals surface area contributed by atoms with Crippen molar-refractivity contribution in [1.29, 1.82) is 0 Å². The highest BCUT2D eigenvalue weighted by Gasteiger charge is 2.15. The molecule has 0 unspecified atom stereocenters. The smallest absolute Gasteiger partial charge is 0.253 e. The van der Waals surface area contributed by atoms with E-state index < -0.39 is 21.7 Å². The second-order valence-corrected chi connectivity index (χ2v) is 8.25. The number of hydrogen-bond acceptors (Lipinski definition) is 4. The molecule has 0 aliphatic heterocycles. The zero-order valence-corrected chi connectivity index (χ0v) is 15.3. The van der Waals surface area contributed by atoms with Gasteiger partial charge in [0.1, 0.15) is 5.82 Å². The van der Waals surface area contributed by atoms with Crippen LogP contribution in [-0.4, -0.2) is 32.9 Å². The summed E-state index contributed by atoms with van der Waals surface area (Å²) in [6.07, 6.45) is 1.70. The summed E-state index contributed by atoms with van der Waals surface area (Å²) >= 11 is 1.68. The molecule has 0 spiro atoms. The minimum absolute atomic E-state index is 0.0406. The molecule has 2 aromatic rings. The minimum Gasteiger partial charge on any atom is -0.352 e. The third kappa shape index (κ3) is 6.75. The Balaban J connectivity index is 1.88. The van der Waals surface area contributed by atoms with Gasteiger partial charge in [0.15, 0.2) is 0 Å². The number of hydrogen-bond donors (Lipinski definition) is 2. The minimum atomic E-state index is -3.56. The van der Waals surface area contributed by atoms with Crippen LogP contribution < -0.4 is 10.0 Å². The molecule has 8 heteroatoms. The molecule has 0 heterocycles. The first-order valence-electron chi connectivity index (χ1n) is 7.58. The number of carbonyl (C=O) groups is 1. The largest absolute Gasteiger partial charge is 0.352 e. The fourth-order valence-corrected chi connectivity index (χ4v) is 3.52. The predicted octanol–water partition coefficient (Wildman–Crippen LogP) is 3.11. The molecule has 0 atom stereocenters. The predicted molar refractivity (Wildman–Crippen MR) is 99.0 cm³/mol. The van der Waals surface area contributed by atoms with Crippen molar-refractivity contribution in [2.24, 2.45) is 0 Å². The number of anilines is 1. The lowest BCUT2D eigenvalue weighted by Crippen LogP contribution is -2.26. The molecule has 0 radical (unpaired) electrons. The molecule has 0 aliphatic rings. The van der Waals surface area contributed by atoms with Crippen LogP contribution in [0.5, 0.6) is 0 Å². The van der Waals surface area contributed by atoms with Gasteiger partial charge in [-0.25, -0.2) is 12.8 Å². The second kappa shape index (κ2) is 8.87. The lowest BCUT2D eigenvalue weighted by Gasteiger charge is -2.11. The summed E-state index contributed by atoms with van der Waals surface area (Å²) < 4.78 is 38.3. The third-order valence-electron chi connectivity index (χ3n) is 3.14. The molecule has 0 bridgehead atoms. The van der Waals surface area contributed by atoms with Gasteiger partial charge in [0.2, 0.25) is 10.0 Å². The van der Waals surface area contributed by atoms with Crippen LogP contribution in [0.15, 0.2) is 53.4 Å². The maximum absolute atomic E-state index is 13.4. The molecule has 1 amide bonds. The fourth-order valence-electron chi connectivity index (χ4n) is 2.07. The summed E-state index contributed by atoms with van der Waals surface area (Å²) in [6, 6.07) is 13.2. The van der Waals surface area contributed by atoms with Gasteiger partial charge in [-0.3, -0.25) is 9.52 Å². The molecule has 0 fully saturated rings. The van der Waals surface area contributed by atoms with E-state index in [4.69, 9.17) is 0 Å². The summed E-state index contributed by atoms with van der Waals surface area (Å²) in [5.74, 6) is -0.304. The van der Waals surface area contributed by atoms with E-state index in [2.05, 4.69) is 10.0 Å². The zero-order valence-electron chi connectivity index (χ0n) is 13.7. The van der Waals surface area contributed by atoms with Crippen LogP contribution in [0.25, 0.3) is 0 Å². The number of rotatable bonds is 8. The quantitative estimate of drug-likeness (QED) is 0.543. The first-order chi connectivity index (χ1) is 11.8. The van der Waals surface area contributed by atoms with E-state index in [0.29, 0.717) is 6.54 Å². The van der Waals surface area contributed by atoms with E-state index in [1.165, 1.54) is 6.07 Å². The Morgan fingerprint density at radius 1 is 1.16 bits per heavy atom. The average Bonchev–Trinajstić information content (AvgIpc) is 2.56. The Morgan fingerprint density at radius 2 is 1.88 bits per heavy atom. The molecule has 2 rings (SSSR count). The molecule has 25 heavy (non-hydrogen) atoms. The van der Waals surface area contributed by atoms with E-state index in [0.717, 1.165) is 35.5 Å². The standard InChI is InChI=1S/C17H19FN2O3S2/c1-25(22,23)20-16-9-8-13(18)12-15(16)17(21)19-10-5-11-24-14-6-3-2-4-7-14/h2-4,6-9,12,20H,5,10-11H2,1H3,(H,19,21). The maximum Gasteiger partial charge on any atom is 0.253 e. The zero-order chi connectivity index (χ0) is 18.3. The summed E-state index contributed by atoms with van der Waals surface area (Å²) in [6.45, 7) is 0.410. The number of halogens is 1. The van der Waals surface area contributed by atoms with Gasteiger partial charge in [0, 0.05) is 11.4 Å². The van der Waals surface area contributed by atoms with E-state index in [9.17, 15) is 17.6 Å². The van der Waals surface area contributed by atoms with E-state index >= 15 is 0 Å². The van der Waals surface area contributed by atoms with Crippen LogP contribution >= 0.6 is 11.8 Å². The van der Waals surface area contributed by atoms with Crippen molar-refractivity contribution in [2.45, 2.75) is 11.3 Å². The molecular weight excluding hydrogens is 363 g/mol. The van der Waals surface area contributed by atoms with Gasteiger partial charge in [0.25, 0.3) is 5.91 Å². The number of benzene rings is 2. The highest BCUT2D eigenvalue weighted by atomic mass is 32.2. The number of sulfonamides is 1. The molecule has 0 aromatic heterocycles. The number of nitrogens with one attached hydrogen (secondary N) is 2. The lowest BCUT2D eigenvalue weighted by atomic mass is 10.1. The maximum atomic E-state index is 13.4. The van der Waals surface area contributed by atoms with E-state index in [1.54, 1.807) is 11.8 Å². The Bertz CT molecular complexity index is 827. The number of carbonyl (C=O) groups excluding carboxylic acids is 1. The molecule has 2 aromatic carbocycles. The number of thioether (sulfide) groups is 1. The molecule has 0 aliphatic carbocycles. The number of amides is 1. The normalized spacial score (nSPS) is 11.1. The van der Waals surface area contributed by atoms with Crippen LogP contribution in [0.4, 0.5) is 10.1 Å². The summed E-state index contributed by atoms with van der Waals surface area (Å²) in [5.41, 5.74) is 0.0150. The first kappa shape index (κ1) is 19.3. The molecule has 134 valence electrons. The van der Waals surface area contributed by atoms with Crippen LogP contribution in [0, 0.1) is 5.82 Å². The Labute approximate surface area is 151 Å². The molecule has 0 saturated heterocycles. The van der Waals surface area contributed by atoms with Crippen LogP contribution in [0.1, 0.15) is 16.8 Å². The molecule has 0 saturated carbocycles. The topological polar surface area (TPSA) is 75.3 Å². The van der Waals surface area contributed by atoms with Gasteiger partial charge in [-0.1, -0.05) is 18.2 Å². The van der Waals surface area contributed by atoms with Gasteiger partial charge in [-0.15, -0.1) is 11.8 Å². The summed E-state index contributed by atoms with van der Waals surface area (Å²) in [4.78, 5) is 13.4. The van der Waals surface area contributed by atoms with Crippen LogP contribution in [0.2, 0.25) is 0 Å². The monoisotopic (exact) mass is 382 g/mol. The van der Waals surface area contributed by atoms with Crippen molar-refractivity contribution in [3.63, 3.8) is 0 Å². The van der Waals surface area contributed by atoms with Gasteiger partial charge in [-0.2, -0.15) is 0 Å². The second-order valence-electron chi connectivity index (χ2n) is 5.34. The van der Waals surface area contributed by atoms with Gasteiger partial charge >= 0.3 is 0 Å². The van der Waals surface area contributed by atoms with Gasteiger partial charge in [-0.05, 0) is 42.5 Å². The van der Waals surface area contributed by atoms with E-state index in [-0.39, 0.29) is 11.3 Å². The Morgan fingerprint density at radius 3 is 2.56 bits per heavy atom. The van der Waals surface area contributed by atoms with Crippen molar-refractivity contribution < 1.29 is 17.6 Å². The molecule has 2 N–H and O–H groups in total. The van der Waals surface area contributed by atoms with Gasteiger partial charge in [0.05, 0.1) is 17.5 Å². The van der Waals surface area contributed by atoms with Crippen molar-refractivity contribution in [2.75, 3.05) is 23.3 Å². The lowest BCUT2D eigenvalue weighted by molar-refractivity contribution is 0.0954. The summed E-state index contributed by atoms with van der Waals surface area (Å²) in [7, 11) is -3.56.